The Labute approximate surface area is 111 Å². The van der Waals surface area contributed by atoms with E-state index in [0.29, 0.717) is 6.10 Å². The average molecular weight is 247 g/mol. The molecule has 1 aromatic rings. The van der Waals surface area contributed by atoms with Crippen molar-refractivity contribution in [1.29, 1.82) is 0 Å². The summed E-state index contributed by atoms with van der Waals surface area (Å²) in [6.45, 7) is 8.78. The maximum Gasteiger partial charge on any atom is 0.123 e. The van der Waals surface area contributed by atoms with Gasteiger partial charge in [-0.1, -0.05) is 31.5 Å². The van der Waals surface area contributed by atoms with Gasteiger partial charge in [-0.3, -0.25) is 0 Å². The zero-order valence-electron chi connectivity index (χ0n) is 12.0. The van der Waals surface area contributed by atoms with Crippen molar-refractivity contribution < 1.29 is 4.74 Å². The Hall–Kier alpha value is -1.02. The third-order valence-electron chi connectivity index (χ3n) is 3.61. The lowest BCUT2D eigenvalue weighted by atomic mass is 9.80. The largest absolute Gasteiger partial charge is 0.490 e. The fourth-order valence-corrected chi connectivity index (χ4v) is 3.13. The molecule has 0 bridgehead atoms. The molecule has 1 aliphatic heterocycles. The molecule has 0 radical (unpaired) electrons. The van der Waals surface area contributed by atoms with Crippen LogP contribution in [-0.4, -0.2) is 12.1 Å². The zero-order chi connectivity index (χ0) is 13.3. The summed E-state index contributed by atoms with van der Waals surface area (Å²) in [6.07, 6.45) is 3.47. The second-order valence-electron chi connectivity index (χ2n) is 6.60. The van der Waals surface area contributed by atoms with Crippen LogP contribution in [-0.2, 0) is 6.42 Å². The smallest absolute Gasteiger partial charge is 0.123 e. The van der Waals surface area contributed by atoms with Gasteiger partial charge in [0.15, 0.2) is 0 Å². The number of fused-ring (bicyclic) bond motifs is 1. The van der Waals surface area contributed by atoms with E-state index in [1.54, 1.807) is 0 Å². The average Bonchev–Trinajstić information content (AvgIpc) is 2.55. The van der Waals surface area contributed by atoms with Crippen LogP contribution in [0.15, 0.2) is 18.2 Å². The van der Waals surface area contributed by atoms with Crippen LogP contribution in [0.1, 0.15) is 44.7 Å². The molecule has 0 amide bonds. The minimum atomic E-state index is 0.246. The molecule has 0 aromatic heterocycles. The van der Waals surface area contributed by atoms with Crippen LogP contribution in [0.5, 0.6) is 5.75 Å². The molecule has 18 heavy (non-hydrogen) atoms. The molecule has 1 aromatic carbocycles. The second kappa shape index (κ2) is 4.93. The summed E-state index contributed by atoms with van der Waals surface area (Å²) in [6, 6.07) is 6.72. The highest BCUT2D eigenvalue weighted by Gasteiger charge is 2.30. The fourth-order valence-electron chi connectivity index (χ4n) is 3.13. The summed E-state index contributed by atoms with van der Waals surface area (Å²) in [5.41, 5.74) is 8.83. The highest BCUT2D eigenvalue weighted by atomic mass is 16.5. The summed E-state index contributed by atoms with van der Waals surface area (Å²) in [7, 11) is 0. The Balaban J connectivity index is 1.99. The molecule has 1 heterocycles. The van der Waals surface area contributed by atoms with Gasteiger partial charge >= 0.3 is 0 Å². The van der Waals surface area contributed by atoms with Crippen LogP contribution in [0.3, 0.4) is 0 Å². The van der Waals surface area contributed by atoms with Crippen molar-refractivity contribution in [3.8, 4) is 5.75 Å². The summed E-state index contributed by atoms with van der Waals surface area (Å²) >= 11 is 0. The van der Waals surface area contributed by atoms with Crippen molar-refractivity contribution in [1.82, 2.24) is 0 Å². The third-order valence-corrected chi connectivity index (χ3v) is 3.61. The molecule has 0 aliphatic carbocycles. The number of hydrogen-bond acceptors (Lipinski definition) is 2. The first-order valence-corrected chi connectivity index (χ1v) is 6.87. The van der Waals surface area contributed by atoms with Gasteiger partial charge in [-0.25, -0.2) is 0 Å². The van der Waals surface area contributed by atoms with Crippen LogP contribution < -0.4 is 10.5 Å². The highest BCUT2D eigenvalue weighted by Crippen LogP contribution is 2.36. The standard InChI is InChI=1S/C16H25NO/c1-11-5-6-15-13(7-11)8-14(18-15)10-16(3,4)9-12(2)17/h5-7,12,14H,8-10,17H2,1-4H3. The van der Waals surface area contributed by atoms with E-state index in [2.05, 4.69) is 45.9 Å². The van der Waals surface area contributed by atoms with Gasteiger partial charge in [0, 0.05) is 12.5 Å². The van der Waals surface area contributed by atoms with Crippen LogP contribution in [0.2, 0.25) is 0 Å². The first-order chi connectivity index (χ1) is 8.35. The first kappa shape index (κ1) is 13.4. The van der Waals surface area contributed by atoms with Crippen molar-refractivity contribution in [2.45, 2.75) is 59.1 Å². The van der Waals surface area contributed by atoms with Gasteiger partial charge in [-0.15, -0.1) is 0 Å². The van der Waals surface area contributed by atoms with E-state index >= 15 is 0 Å². The molecule has 0 saturated heterocycles. The van der Waals surface area contributed by atoms with E-state index in [9.17, 15) is 0 Å². The Morgan fingerprint density at radius 1 is 1.44 bits per heavy atom. The minimum absolute atomic E-state index is 0.246. The van der Waals surface area contributed by atoms with Crippen LogP contribution in [0, 0.1) is 12.3 Å². The molecule has 2 heteroatoms. The molecule has 0 fully saturated rings. The van der Waals surface area contributed by atoms with Gasteiger partial charge in [-0.2, -0.15) is 0 Å². The lowest BCUT2D eigenvalue weighted by Gasteiger charge is -2.29. The number of rotatable bonds is 4. The van der Waals surface area contributed by atoms with Gasteiger partial charge in [0.25, 0.3) is 0 Å². The molecule has 100 valence electrons. The van der Waals surface area contributed by atoms with Crippen LogP contribution in [0.4, 0.5) is 0 Å². The topological polar surface area (TPSA) is 35.2 Å². The van der Waals surface area contributed by atoms with E-state index in [-0.39, 0.29) is 11.5 Å². The van der Waals surface area contributed by atoms with Crippen molar-refractivity contribution >= 4 is 0 Å². The lowest BCUT2D eigenvalue weighted by Crippen LogP contribution is -2.30. The first-order valence-electron chi connectivity index (χ1n) is 6.87. The zero-order valence-corrected chi connectivity index (χ0v) is 12.0. The maximum absolute atomic E-state index is 6.04. The Bertz CT molecular complexity index is 423. The number of aryl methyl sites for hydroxylation is 1. The Morgan fingerprint density at radius 3 is 2.83 bits per heavy atom. The van der Waals surface area contributed by atoms with Crippen LogP contribution in [0.25, 0.3) is 0 Å². The molecule has 2 nitrogen and oxygen atoms in total. The summed E-state index contributed by atoms with van der Waals surface area (Å²) in [5, 5.41) is 0. The predicted molar refractivity (Wildman–Crippen MR) is 76.0 cm³/mol. The maximum atomic E-state index is 6.04. The van der Waals surface area contributed by atoms with Gasteiger partial charge in [0.2, 0.25) is 0 Å². The van der Waals surface area contributed by atoms with Crippen molar-refractivity contribution in [3.63, 3.8) is 0 Å². The number of ether oxygens (including phenoxy) is 1. The molecule has 2 N–H and O–H groups in total. The fraction of sp³-hybridized carbons (Fsp3) is 0.625. The number of hydrogen-bond donors (Lipinski definition) is 1. The van der Waals surface area contributed by atoms with Gasteiger partial charge < -0.3 is 10.5 Å². The SMILES string of the molecule is Cc1ccc2c(c1)CC(CC(C)(C)CC(C)N)O2. The molecule has 1 aliphatic rings. The molecular weight excluding hydrogens is 222 g/mol. The number of benzene rings is 1. The van der Waals surface area contributed by atoms with E-state index in [1.165, 1.54) is 11.1 Å². The van der Waals surface area contributed by atoms with Gasteiger partial charge in [-0.05, 0) is 43.7 Å². The van der Waals surface area contributed by atoms with E-state index < -0.39 is 0 Å². The predicted octanol–water partition coefficient (Wildman–Crippen LogP) is 3.45. The van der Waals surface area contributed by atoms with E-state index in [0.717, 1.165) is 25.0 Å². The van der Waals surface area contributed by atoms with Gasteiger partial charge in [0.1, 0.15) is 11.9 Å². The molecule has 2 atom stereocenters. The van der Waals surface area contributed by atoms with Crippen molar-refractivity contribution in [3.05, 3.63) is 29.3 Å². The lowest BCUT2D eigenvalue weighted by molar-refractivity contribution is 0.146. The molecule has 0 saturated carbocycles. The third kappa shape index (κ3) is 3.26. The summed E-state index contributed by atoms with van der Waals surface area (Å²) < 4.78 is 6.04. The summed E-state index contributed by atoms with van der Waals surface area (Å²) in [4.78, 5) is 0. The molecule has 2 unspecified atom stereocenters. The number of nitrogens with two attached hydrogens (primary N) is 1. The highest BCUT2D eigenvalue weighted by molar-refractivity contribution is 5.40. The summed E-state index contributed by atoms with van der Waals surface area (Å²) in [5.74, 6) is 1.07. The quantitative estimate of drug-likeness (QED) is 0.884. The van der Waals surface area contributed by atoms with Crippen LogP contribution >= 0.6 is 0 Å². The molecule has 0 spiro atoms. The molecular formula is C16H25NO. The van der Waals surface area contributed by atoms with Crippen molar-refractivity contribution in [2.75, 3.05) is 0 Å². The van der Waals surface area contributed by atoms with E-state index in [1.807, 2.05) is 0 Å². The minimum Gasteiger partial charge on any atom is -0.490 e. The van der Waals surface area contributed by atoms with Crippen molar-refractivity contribution in [2.24, 2.45) is 11.1 Å². The normalized spacial score (nSPS) is 20.4. The van der Waals surface area contributed by atoms with E-state index in [4.69, 9.17) is 10.5 Å². The van der Waals surface area contributed by atoms with Gasteiger partial charge in [0.05, 0.1) is 0 Å². The Kier molecular flexibility index (Phi) is 3.67. The monoisotopic (exact) mass is 247 g/mol. The molecule has 2 rings (SSSR count). The second-order valence-corrected chi connectivity index (χ2v) is 6.60. The Morgan fingerprint density at radius 2 is 2.17 bits per heavy atom.